The van der Waals surface area contributed by atoms with Crippen molar-refractivity contribution in [1.29, 1.82) is 5.26 Å². The van der Waals surface area contributed by atoms with Crippen LogP contribution in [0.4, 0.5) is 4.79 Å². The van der Waals surface area contributed by atoms with Crippen molar-refractivity contribution in [1.82, 2.24) is 15.7 Å². The molecule has 1 fully saturated rings. The number of nitrogens with zero attached hydrogens (tertiary/aromatic N) is 2. The van der Waals surface area contributed by atoms with Crippen LogP contribution in [0.25, 0.3) is 11.1 Å². The van der Waals surface area contributed by atoms with Gasteiger partial charge in [0.2, 0.25) is 0 Å². The second-order valence-corrected chi connectivity index (χ2v) is 8.41. The van der Waals surface area contributed by atoms with Crippen LogP contribution in [-0.4, -0.2) is 45.9 Å². The summed E-state index contributed by atoms with van der Waals surface area (Å²) >= 11 is 1.51. The van der Waals surface area contributed by atoms with Crippen molar-refractivity contribution >= 4 is 23.7 Å². The number of carbonyl (C=O) groups excluding carboxylic acids is 2. The minimum atomic E-state index is -0.925. The van der Waals surface area contributed by atoms with Crippen LogP contribution in [0.3, 0.4) is 0 Å². The fourth-order valence-corrected chi connectivity index (χ4v) is 3.91. The highest BCUT2D eigenvalue weighted by atomic mass is 32.2. The van der Waals surface area contributed by atoms with Crippen LogP contribution in [0.15, 0.2) is 53.4 Å². The summed E-state index contributed by atoms with van der Waals surface area (Å²) in [4.78, 5) is 26.4. The molecule has 0 saturated carbocycles. The van der Waals surface area contributed by atoms with Crippen LogP contribution in [-0.2, 0) is 4.79 Å². The normalized spacial score (nSPS) is 16.4. The molecular weight excluding hydrogens is 388 g/mol. The second-order valence-electron chi connectivity index (χ2n) is 7.32. The molecule has 29 heavy (non-hydrogen) atoms. The van der Waals surface area contributed by atoms with Gasteiger partial charge in [0.15, 0.2) is 0 Å². The van der Waals surface area contributed by atoms with Crippen LogP contribution >= 0.6 is 11.8 Å². The fraction of sp³-hybridized carbons (Fsp3) is 0.286. The zero-order chi connectivity index (χ0) is 21.0. The van der Waals surface area contributed by atoms with E-state index in [0.717, 1.165) is 20.9 Å². The Kier molecular flexibility index (Phi) is 6.23. The molecule has 2 aromatic rings. The van der Waals surface area contributed by atoms with Gasteiger partial charge in [-0.1, -0.05) is 24.3 Å². The van der Waals surface area contributed by atoms with E-state index in [-0.39, 0.29) is 12.5 Å². The number of hydrogen-bond donors (Lipinski definition) is 3. The number of benzene rings is 2. The Bertz CT molecular complexity index is 936. The first-order valence-corrected chi connectivity index (χ1v) is 10.1. The van der Waals surface area contributed by atoms with E-state index >= 15 is 0 Å². The first kappa shape index (κ1) is 20.9. The number of thioether (sulfide) groups is 1. The molecule has 3 N–H and O–H groups in total. The maximum Gasteiger partial charge on any atom is 0.325 e. The molecule has 0 bridgehead atoms. The van der Waals surface area contributed by atoms with Gasteiger partial charge in [0.05, 0.1) is 17.7 Å². The van der Waals surface area contributed by atoms with Crippen molar-refractivity contribution in [3.8, 4) is 17.2 Å². The third kappa shape index (κ3) is 4.77. The zero-order valence-electron chi connectivity index (χ0n) is 16.2. The fourth-order valence-electron chi connectivity index (χ4n) is 3.01. The standard InChI is InChI=1S/C21H22N4O3S/c1-21(2)19(26)25(20(27)23-21)12-17(24-28)13-29-18-9-7-16(8-10-18)15-5-3-14(11-22)4-6-15/h3-10,17,24,28H,12-13H2,1-2H3,(H,23,27). The average molecular weight is 410 g/mol. The molecule has 1 unspecified atom stereocenters. The molecule has 1 atom stereocenters. The Morgan fingerprint density at radius 1 is 1.14 bits per heavy atom. The van der Waals surface area contributed by atoms with E-state index in [4.69, 9.17) is 5.26 Å². The molecule has 0 spiro atoms. The number of nitrogens with one attached hydrogen (secondary N) is 2. The Labute approximate surface area is 173 Å². The number of nitriles is 1. The van der Waals surface area contributed by atoms with Gasteiger partial charge in [-0.15, -0.1) is 11.8 Å². The first-order valence-electron chi connectivity index (χ1n) is 9.11. The highest BCUT2D eigenvalue weighted by Crippen LogP contribution is 2.25. The highest BCUT2D eigenvalue weighted by molar-refractivity contribution is 7.99. The quantitative estimate of drug-likeness (QED) is 0.368. The summed E-state index contributed by atoms with van der Waals surface area (Å²) in [7, 11) is 0. The van der Waals surface area contributed by atoms with Gasteiger partial charge in [-0.05, 0) is 49.2 Å². The largest absolute Gasteiger partial charge is 0.325 e. The topological polar surface area (TPSA) is 105 Å². The third-order valence-electron chi connectivity index (χ3n) is 4.68. The van der Waals surface area contributed by atoms with Crippen molar-refractivity contribution in [2.45, 2.75) is 30.3 Å². The van der Waals surface area contributed by atoms with E-state index in [2.05, 4.69) is 16.9 Å². The van der Waals surface area contributed by atoms with Crippen LogP contribution in [0.5, 0.6) is 0 Å². The van der Waals surface area contributed by atoms with E-state index < -0.39 is 17.6 Å². The molecule has 150 valence electrons. The Hall–Kier alpha value is -2.86. The van der Waals surface area contributed by atoms with E-state index in [1.54, 1.807) is 26.0 Å². The molecular formula is C21H22N4O3S. The van der Waals surface area contributed by atoms with Gasteiger partial charge in [0, 0.05) is 17.2 Å². The van der Waals surface area contributed by atoms with Gasteiger partial charge >= 0.3 is 6.03 Å². The zero-order valence-corrected chi connectivity index (χ0v) is 17.0. The van der Waals surface area contributed by atoms with Crippen molar-refractivity contribution < 1.29 is 14.8 Å². The molecule has 1 saturated heterocycles. The van der Waals surface area contributed by atoms with Crippen molar-refractivity contribution in [3.05, 3.63) is 54.1 Å². The van der Waals surface area contributed by atoms with Gasteiger partial charge in [-0.25, -0.2) is 4.79 Å². The molecule has 0 aliphatic carbocycles. The van der Waals surface area contributed by atoms with Gasteiger partial charge < -0.3 is 10.5 Å². The summed E-state index contributed by atoms with van der Waals surface area (Å²) in [5.74, 6) is 0.170. The van der Waals surface area contributed by atoms with E-state index in [1.807, 2.05) is 36.4 Å². The summed E-state index contributed by atoms with van der Waals surface area (Å²) in [6, 6.07) is 16.5. The smallest absolute Gasteiger partial charge is 0.324 e. The molecule has 0 radical (unpaired) electrons. The SMILES string of the molecule is CC1(C)NC(=O)N(CC(CSc2ccc(-c3ccc(C#N)cc3)cc2)NO)C1=O. The Balaban J connectivity index is 1.59. The number of carbonyl (C=O) groups is 2. The van der Waals surface area contributed by atoms with Crippen LogP contribution in [0.1, 0.15) is 19.4 Å². The van der Waals surface area contributed by atoms with Gasteiger partial charge in [-0.3, -0.25) is 9.69 Å². The molecule has 2 aromatic carbocycles. The minimum Gasteiger partial charge on any atom is -0.324 e. The van der Waals surface area contributed by atoms with E-state index in [0.29, 0.717) is 11.3 Å². The summed E-state index contributed by atoms with van der Waals surface area (Å²) in [6.45, 7) is 3.39. The summed E-state index contributed by atoms with van der Waals surface area (Å²) < 4.78 is 0. The highest BCUT2D eigenvalue weighted by Gasteiger charge is 2.44. The van der Waals surface area contributed by atoms with Gasteiger partial charge in [0.25, 0.3) is 5.91 Å². The van der Waals surface area contributed by atoms with Crippen LogP contribution < -0.4 is 10.8 Å². The summed E-state index contributed by atoms with van der Waals surface area (Å²) in [5, 5.41) is 21.0. The molecule has 1 aliphatic rings. The van der Waals surface area contributed by atoms with E-state index in [1.165, 1.54) is 11.8 Å². The van der Waals surface area contributed by atoms with Crippen molar-refractivity contribution in [3.63, 3.8) is 0 Å². The molecule has 7 nitrogen and oxygen atoms in total. The number of hydrogen-bond acceptors (Lipinski definition) is 6. The first-order chi connectivity index (χ1) is 13.8. The van der Waals surface area contributed by atoms with Gasteiger partial charge in [-0.2, -0.15) is 10.7 Å². The number of imide groups is 1. The molecule has 8 heteroatoms. The predicted octanol–water partition coefficient (Wildman–Crippen LogP) is 3.00. The van der Waals surface area contributed by atoms with Crippen molar-refractivity contribution in [2.75, 3.05) is 12.3 Å². The summed E-state index contributed by atoms with van der Waals surface area (Å²) in [6.07, 6.45) is 0. The Morgan fingerprint density at radius 3 is 2.21 bits per heavy atom. The maximum absolute atomic E-state index is 12.3. The molecule has 3 rings (SSSR count). The molecule has 0 aromatic heterocycles. The van der Waals surface area contributed by atoms with E-state index in [9.17, 15) is 14.8 Å². The lowest BCUT2D eigenvalue weighted by Crippen LogP contribution is -2.45. The van der Waals surface area contributed by atoms with Gasteiger partial charge in [0.1, 0.15) is 5.54 Å². The number of hydroxylamine groups is 1. The molecule has 1 aliphatic heterocycles. The number of urea groups is 1. The second kappa shape index (κ2) is 8.66. The van der Waals surface area contributed by atoms with Crippen LogP contribution in [0, 0.1) is 11.3 Å². The number of amides is 3. The molecule has 1 heterocycles. The van der Waals surface area contributed by atoms with Crippen molar-refractivity contribution in [2.24, 2.45) is 0 Å². The van der Waals surface area contributed by atoms with Crippen LogP contribution in [0.2, 0.25) is 0 Å². The lowest BCUT2D eigenvalue weighted by atomic mass is 10.0. The lowest BCUT2D eigenvalue weighted by Gasteiger charge is -2.21. The molecule has 3 amide bonds. The minimum absolute atomic E-state index is 0.0842. The third-order valence-corrected chi connectivity index (χ3v) is 5.86. The monoisotopic (exact) mass is 410 g/mol. The lowest BCUT2D eigenvalue weighted by molar-refractivity contribution is -0.130. The predicted molar refractivity (Wildman–Crippen MR) is 110 cm³/mol. The Morgan fingerprint density at radius 2 is 1.72 bits per heavy atom. The maximum atomic E-state index is 12.3. The number of rotatable bonds is 7. The summed E-state index contributed by atoms with van der Waals surface area (Å²) in [5.41, 5.74) is 3.96. The average Bonchev–Trinajstić information content (AvgIpc) is 2.92.